The summed E-state index contributed by atoms with van der Waals surface area (Å²) in [6, 6.07) is 6.02. The monoisotopic (exact) mass is 381 g/mol. The van der Waals surface area contributed by atoms with Gasteiger partial charge in [0.05, 0.1) is 5.69 Å². The van der Waals surface area contributed by atoms with Gasteiger partial charge in [-0.25, -0.2) is 0 Å². The third-order valence-corrected chi connectivity index (χ3v) is 6.34. The second kappa shape index (κ2) is 7.66. The van der Waals surface area contributed by atoms with Crippen LogP contribution in [0.5, 0.6) is 0 Å². The molecular weight excluding hydrogens is 350 g/mol. The fraction of sp³-hybridized carbons (Fsp3) is 0.591. The summed E-state index contributed by atoms with van der Waals surface area (Å²) in [5.74, 6) is 0.684. The van der Waals surface area contributed by atoms with Gasteiger partial charge in [0.2, 0.25) is 0 Å². The number of aromatic amines is 1. The first-order valence-corrected chi connectivity index (χ1v) is 10.4. The van der Waals surface area contributed by atoms with Crippen molar-refractivity contribution in [3.8, 4) is 0 Å². The van der Waals surface area contributed by atoms with Crippen molar-refractivity contribution >= 4 is 5.91 Å². The van der Waals surface area contributed by atoms with Crippen LogP contribution in [-0.4, -0.2) is 57.1 Å². The van der Waals surface area contributed by atoms with Crippen molar-refractivity contribution < 1.29 is 4.79 Å². The molecule has 1 atom stereocenters. The van der Waals surface area contributed by atoms with E-state index in [-0.39, 0.29) is 11.3 Å². The second-order valence-electron chi connectivity index (χ2n) is 9.22. The van der Waals surface area contributed by atoms with E-state index in [1.807, 2.05) is 23.2 Å². The van der Waals surface area contributed by atoms with Crippen LogP contribution < -0.4 is 0 Å². The average molecular weight is 382 g/mol. The number of aryl methyl sites for hydroxylation is 1. The Kier molecular flexibility index (Phi) is 5.23. The molecule has 1 unspecified atom stereocenters. The third-order valence-electron chi connectivity index (χ3n) is 6.34. The van der Waals surface area contributed by atoms with E-state index >= 15 is 0 Å². The summed E-state index contributed by atoms with van der Waals surface area (Å²) in [4.78, 5) is 21.9. The highest BCUT2D eigenvalue weighted by Gasteiger charge is 2.34. The zero-order valence-electron chi connectivity index (χ0n) is 17.2. The molecule has 0 saturated carbocycles. The Hall–Kier alpha value is -2.21. The molecule has 1 aliphatic heterocycles. The molecule has 0 aromatic carbocycles. The molecule has 6 nitrogen and oxygen atoms in total. The number of hydrogen-bond acceptors (Lipinski definition) is 4. The van der Waals surface area contributed by atoms with Crippen LogP contribution in [0.25, 0.3) is 0 Å². The molecule has 1 amide bonds. The number of piperazine rings is 1. The van der Waals surface area contributed by atoms with Crippen molar-refractivity contribution in [2.45, 2.75) is 46.6 Å². The fourth-order valence-electron chi connectivity index (χ4n) is 4.39. The summed E-state index contributed by atoms with van der Waals surface area (Å²) < 4.78 is 0. The van der Waals surface area contributed by atoms with E-state index in [2.05, 4.69) is 46.9 Å². The molecule has 1 aliphatic carbocycles. The summed E-state index contributed by atoms with van der Waals surface area (Å²) in [6.45, 7) is 11.0. The number of nitrogens with one attached hydrogen (secondary N) is 1. The summed E-state index contributed by atoms with van der Waals surface area (Å²) in [5, 5.41) is 7.58. The van der Waals surface area contributed by atoms with Crippen molar-refractivity contribution in [1.29, 1.82) is 0 Å². The van der Waals surface area contributed by atoms with Crippen LogP contribution >= 0.6 is 0 Å². The Morgan fingerprint density at radius 3 is 2.68 bits per heavy atom. The van der Waals surface area contributed by atoms with Crippen molar-refractivity contribution in [2.24, 2.45) is 11.3 Å². The summed E-state index contributed by atoms with van der Waals surface area (Å²) in [6.07, 6.45) is 4.95. The molecule has 150 valence electrons. The highest BCUT2D eigenvalue weighted by molar-refractivity contribution is 5.94. The number of rotatable bonds is 3. The first-order chi connectivity index (χ1) is 13.4. The van der Waals surface area contributed by atoms with Crippen molar-refractivity contribution in [3.05, 3.63) is 47.0 Å². The number of H-pyrrole nitrogens is 1. The molecule has 2 aromatic rings. The van der Waals surface area contributed by atoms with Gasteiger partial charge in [-0.05, 0) is 42.7 Å². The average Bonchev–Trinajstić information content (AvgIpc) is 3.11. The van der Waals surface area contributed by atoms with Gasteiger partial charge in [-0.3, -0.25) is 19.8 Å². The summed E-state index contributed by atoms with van der Waals surface area (Å²) >= 11 is 0. The molecular formula is C22H31N5O. The normalized spacial score (nSPS) is 20.8. The number of carbonyl (C=O) groups excluding carboxylic acids is 1. The predicted octanol–water partition coefficient (Wildman–Crippen LogP) is 2.91. The lowest BCUT2D eigenvalue weighted by atomic mass is 9.71. The fourth-order valence-corrected chi connectivity index (χ4v) is 4.39. The maximum absolute atomic E-state index is 13.2. The quantitative estimate of drug-likeness (QED) is 0.888. The minimum absolute atomic E-state index is 0.0875. The zero-order chi connectivity index (χ0) is 19.7. The SMILES string of the molecule is CC(C)(C)C1CCc2[nH]nc(C(=O)N3CCN(Cc4ccccn4)CC3)c2C1. The van der Waals surface area contributed by atoms with Crippen LogP contribution in [0.4, 0.5) is 0 Å². The van der Waals surface area contributed by atoms with Gasteiger partial charge < -0.3 is 4.90 Å². The Labute approximate surface area is 167 Å². The Balaban J connectivity index is 1.39. The standard InChI is InChI=1S/C22H31N5O/c1-22(2,3)16-7-8-19-18(14-16)20(25-24-19)21(28)27-12-10-26(11-13-27)15-17-6-4-5-9-23-17/h4-6,9,16H,7-8,10-15H2,1-3H3,(H,24,25). The van der Waals surface area contributed by atoms with E-state index in [9.17, 15) is 4.79 Å². The number of amides is 1. The van der Waals surface area contributed by atoms with Gasteiger partial charge in [-0.2, -0.15) is 5.10 Å². The van der Waals surface area contributed by atoms with Gasteiger partial charge in [-0.15, -0.1) is 0 Å². The lowest BCUT2D eigenvalue weighted by Crippen LogP contribution is -2.48. The maximum atomic E-state index is 13.2. The predicted molar refractivity (Wildman–Crippen MR) is 109 cm³/mol. The molecule has 2 aliphatic rings. The second-order valence-corrected chi connectivity index (χ2v) is 9.22. The highest BCUT2D eigenvalue weighted by Crippen LogP contribution is 2.37. The van der Waals surface area contributed by atoms with Crippen LogP contribution in [0.15, 0.2) is 24.4 Å². The molecule has 1 fully saturated rings. The molecule has 0 spiro atoms. The maximum Gasteiger partial charge on any atom is 0.274 e. The lowest BCUT2D eigenvalue weighted by Gasteiger charge is -2.35. The Morgan fingerprint density at radius 1 is 1.21 bits per heavy atom. The van der Waals surface area contributed by atoms with Gasteiger partial charge >= 0.3 is 0 Å². The minimum atomic E-state index is 0.0875. The smallest absolute Gasteiger partial charge is 0.274 e. The van der Waals surface area contributed by atoms with Crippen LogP contribution in [0.3, 0.4) is 0 Å². The van der Waals surface area contributed by atoms with Crippen molar-refractivity contribution in [1.82, 2.24) is 25.0 Å². The summed E-state index contributed by atoms with van der Waals surface area (Å²) in [7, 11) is 0. The molecule has 6 heteroatoms. The number of fused-ring (bicyclic) bond motifs is 1. The molecule has 1 saturated heterocycles. The lowest BCUT2D eigenvalue weighted by molar-refractivity contribution is 0.0619. The van der Waals surface area contributed by atoms with Gasteiger partial charge in [0.15, 0.2) is 5.69 Å². The largest absolute Gasteiger partial charge is 0.335 e. The van der Waals surface area contributed by atoms with Crippen LogP contribution in [-0.2, 0) is 19.4 Å². The Morgan fingerprint density at radius 2 is 2.00 bits per heavy atom. The highest BCUT2D eigenvalue weighted by atomic mass is 16.2. The van der Waals surface area contributed by atoms with Crippen molar-refractivity contribution in [2.75, 3.05) is 26.2 Å². The van der Waals surface area contributed by atoms with Crippen molar-refractivity contribution in [3.63, 3.8) is 0 Å². The van der Waals surface area contributed by atoms with Gasteiger partial charge in [0, 0.05) is 50.2 Å². The summed E-state index contributed by atoms with van der Waals surface area (Å²) in [5.41, 5.74) is 4.32. The van der Waals surface area contributed by atoms with E-state index in [1.165, 1.54) is 6.42 Å². The number of pyridine rings is 1. The molecule has 1 N–H and O–H groups in total. The molecule has 2 aromatic heterocycles. The van der Waals surface area contributed by atoms with Crippen LogP contribution in [0, 0.1) is 11.3 Å². The van der Waals surface area contributed by atoms with E-state index in [4.69, 9.17) is 0 Å². The van der Waals surface area contributed by atoms with Crippen LogP contribution in [0.1, 0.15) is 54.6 Å². The molecule has 0 bridgehead atoms. The van der Waals surface area contributed by atoms with E-state index in [0.717, 1.165) is 62.5 Å². The zero-order valence-corrected chi connectivity index (χ0v) is 17.2. The van der Waals surface area contributed by atoms with E-state index in [1.54, 1.807) is 0 Å². The van der Waals surface area contributed by atoms with E-state index < -0.39 is 0 Å². The van der Waals surface area contributed by atoms with Gasteiger partial charge in [0.1, 0.15) is 0 Å². The number of nitrogens with zero attached hydrogens (tertiary/aromatic N) is 4. The first-order valence-electron chi connectivity index (χ1n) is 10.4. The number of aromatic nitrogens is 3. The number of carbonyl (C=O) groups is 1. The third kappa shape index (κ3) is 3.97. The topological polar surface area (TPSA) is 65.1 Å². The number of hydrogen-bond donors (Lipinski definition) is 1. The molecule has 3 heterocycles. The van der Waals surface area contributed by atoms with Crippen LogP contribution in [0.2, 0.25) is 0 Å². The Bertz CT molecular complexity index is 815. The minimum Gasteiger partial charge on any atom is -0.335 e. The first kappa shape index (κ1) is 19.1. The molecule has 4 rings (SSSR count). The van der Waals surface area contributed by atoms with Gasteiger partial charge in [0.25, 0.3) is 5.91 Å². The molecule has 28 heavy (non-hydrogen) atoms. The van der Waals surface area contributed by atoms with Gasteiger partial charge in [-0.1, -0.05) is 26.8 Å². The molecule has 0 radical (unpaired) electrons. The van der Waals surface area contributed by atoms with E-state index in [0.29, 0.717) is 11.6 Å².